The van der Waals surface area contributed by atoms with Crippen molar-refractivity contribution in [1.82, 2.24) is 5.32 Å². The van der Waals surface area contributed by atoms with Gasteiger partial charge in [-0.1, -0.05) is 36.8 Å². The normalized spacial score (nSPS) is 11.9. The molecule has 0 aliphatic carbocycles. The van der Waals surface area contributed by atoms with Gasteiger partial charge in [0.15, 0.2) is 0 Å². The SMILES string of the molecule is CC(N)CCCCNC(=O)OCc1ccccc1. The van der Waals surface area contributed by atoms with E-state index in [4.69, 9.17) is 10.5 Å². The molecule has 3 N–H and O–H groups in total. The predicted octanol–water partition coefficient (Wildman–Crippen LogP) is 2.43. The minimum atomic E-state index is -0.361. The molecule has 4 heteroatoms. The summed E-state index contributed by atoms with van der Waals surface area (Å²) in [6, 6.07) is 9.86. The van der Waals surface area contributed by atoms with Crippen LogP contribution in [0, 0.1) is 0 Å². The van der Waals surface area contributed by atoms with E-state index in [1.165, 1.54) is 0 Å². The van der Waals surface area contributed by atoms with Crippen molar-refractivity contribution in [1.29, 1.82) is 0 Å². The van der Waals surface area contributed by atoms with Gasteiger partial charge in [0.05, 0.1) is 0 Å². The zero-order chi connectivity index (χ0) is 13.2. The molecule has 1 aromatic rings. The summed E-state index contributed by atoms with van der Waals surface area (Å²) < 4.78 is 5.08. The van der Waals surface area contributed by atoms with Crippen LogP contribution in [0.2, 0.25) is 0 Å². The van der Waals surface area contributed by atoms with Gasteiger partial charge in [-0.05, 0) is 25.3 Å². The number of unbranched alkanes of at least 4 members (excludes halogenated alkanes) is 1. The fourth-order valence-electron chi connectivity index (χ4n) is 1.56. The first-order valence-corrected chi connectivity index (χ1v) is 6.38. The van der Waals surface area contributed by atoms with Crippen LogP contribution >= 0.6 is 0 Å². The molecule has 4 nitrogen and oxygen atoms in total. The van der Waals surface area contributed by atoms with E-state index in [2.05, 4.69) is 5.32 Å². The van der Waals surface area contributed by atoms with Gasteiger partial charge < -0.3 is 15.8 Å². The lowest BCUT2D eigenvalue weighted by molar-refractivity contribution is 0.139. The summed E-state index contributed by atoms with van der Waals surface area (Å²) in [5.41, 5.74) is 6.62. The average molecular weight is 250 g/mol. The minimum absolute atomic E-state index is 0.232. The first kappa shape index (κ1) is 14.5. The summed E-state index contributed by atoms with van der Waals surface area (Å²) in [5, 5.41) is 2.72. The lowest BCUT2D eigenvalue weighted by atomic mass is 10.1. The van der Waals surface area contributed by atoms with Crippen LogP contribution in [0.25, 0.3) is 0 Å². The van der Waals surface area contributed by atoms with Crippen LogP contribution in [-0.4, -0.2) is 18.7 Å². The van der Waals surface area contributed by atoms with Crippen molar-refractivity contribution in [3.63, 3.8) is 0 Å². The van der Waals surface area contributed by atoms with Crippen LogP contribution in [0.4, 0.5) is 4.79 Å². The topological polar surface area (TPSA) is 64.3 Å². The van der Waals surface area contributed by atoms with Gasteiger partial charge in [-0.2, -0.15) is 0 Å². The Bertz CT molecular complexity index is 339. The molecular formula is C14H22N2O2. The average Bonchev–Trinajstić information content (AvgIpc) is 2.37. The number of carbonyl (C=O) groups excluding carboxylic acids is 1. The summed E-state index contributed by atoms with van der Waals surface area (Å²) in [5.74, 6) is 0. The smallest absolute Gasteiger partial charge is 0.407 e. The van der Waals surface area contributed by atoms with E-state index in [-0.39, 0.29) is 12.1 Å². The summed E-state index contributed by atoms with van der Waals surface area (Å²) >= 11 is 0. The van der Waals surface area contributed by atoms with Crippen molar-refractivity contribution in [3.05, 3.63) is 35.9 Å². The summed E-state index contributed by atoms with van der Waals surface area (Å²) in [4.78, 5) is 11.4. The molecular weight excluding hydrogens is 228 g/mol. The van der Waals surface area contributed by atoms with Crippen LogP contribution in [0.1, 0.15) is 31.7 Å². The number of benzene rings is 1. The van der Waals surface area contributed by atoms with E-state index in [0.29, 0.717) is 13.2 Å². The Hall–Kier alpha value is -1.55. The molecule has 0 aromatic heterocycles. The van der Waals surface area contributed by atoms with Gasteiger partial charge in [0.25, 0.3) is 0 Å². The molecule has 18 heavy (non-hydrogen) atoms. The van der Waals surface area contributed by atoms with Gasteiger partial charge in [0.1, 0.15) is 6.61 Å². The van der Waals surface area contributed by atoms with E-state index < -0.39 is 0 Å². The first-order valence-electron chi connectivity index (χ1n) is 6.38. The molecule has 1 atom stereocenters. The molecule has 0 saturated heterocycles. The number of ether oxygens (including phenoxy) is 1. The van der Waals surface area contributed by atoms with Crippen LogP contribution in [0.15, 0.2) is 30.3 Å². The van der Waals surface area contributed by atoms with E-state index in [1.54, 1.807) is 0 Å². The fraction of sp³-hybridized carbons (Fsp3) is 0.500. The highest BCUT2D eigenvalue weighted by molar-refractivity contribution is 5.67. The summed E-state index contributed by atoms with van der Waals surface area (Å²) in [7, 11) is 0. The number of hydrogen-bond donors (Lipinski definition) is 2. The van der Waals surface area contributed by atoms with Gasteiger partial charge in [0.2, 0.25) is 0 Å². The van der Waals surface area contributed by atoms with Crippen molar-refractivity contribution in [2.45, 2.75) is 38.8 Å². The largest absolute Gasteiger partial charge is 0.445 e. The fourth-order valence-corrected chi connectivity index (χ4v) is 1.56. The van der Waals surface area contributed by atoms with Crippen molar-refractivity contribution in [2.75, 3.05) is 6.54 Å². The Labute approximate surface area is 109 Å². The third-order valence-corrected chi connectivity index (χ3v) is 2.57. The van der Waals surface area contributed by atoms with E-state index >= 15 is 0 Å². The van der Waals surface area contributed by atoms with Crippen molar-refractivity contribution >= 4 is 6.09 Å². The Morgan fingerprint density at radius 3 is 2.72 bits per heavy atom. The highest BCUT2D eigenvalue weighted by atomic mass is 16.5. The maximum atomic E-state index is 11.4. The molecule has 0 saturated carbocycles. The molecule has 1 unspecified atom stereocenters. The second-order valence-electron chi connectivity index (χ2n) is 4.46. The number of alkyl carbamates (subject to hydrolysis) is 1. The Balaban J connectivity index is 2.04. The molecule has 100 valence electrons. The molecule has 1 amide bonds. The number of hydrogen-bond acceptors (Lipinski definition) is 3. The third-order valence-electron chi connectivity index (χ3n) is 2.57. The van der Waals surface area contributed by atoms with E-state index in [0.717, 1.165) is 24.8 Å². The lowest BCUT2D eigenvalue weighted by Gasteiger charge is -2.07. The lowest BCUT2D eigenvalue weighted by Crippen LogP contribution is -2.25. The van der Waals surface area contributed by atoms with E-state index in [1.807, 2.05) is 37.3 Å². The second kappa shape index (κ2) is 8.53. The van der Waals surface area contributed by atoms with Gasteiger partial charge in [0, 0.05) is 12.6 Å². The molecule has 0 fully saturated rings. The van der Waals surface area contributed by atoms with Crippen molar-refractivity contribution in [2.24, 2.45) is 5.73 Å². The molecule has 0 aliphatic heterocycles. The molecule has 0 aliphatic rings. The monoisotopic (exact) mass is 250 g/mol. The number of carbonyl (C=O) groups is 1. The predicted molar refractivity (Wildman–Crippen MR) is 72.1 cm³/mol. The van der Waals surface area contributed by atoms with Crippen LogP contribution in [0.3, 0.4) is 0 Å². The number of rotatable bonds is 7. The Morgan fingerprint density at radius 1 is 1.33 bits per heavy atom. The maximum Gasteiger partial charge on any atom is 0.407 e. The quantitative estimate of drug-likeness (QED) is 0.730. The number of nitrogens with one attached hydrogen (secondary N) is 1. The molecule has 0 bridgehead atoms. The number of nitrogens with two attached hydrogens (primary N) is 1. The zero-order valence-corrected chi connectivity index (χ0v) is 10.9. The zero-order valence-electron chi connectivity index (χ0n) is 10.9. The van der Waals surface area contributed by atoms with E-state index in [9.17, 15) is 4.79 Å². The van der Waals surface area contributed by atoms with Crippen molar-refractivity contribution < 1.29 is 9.53 Å². The highest BCUT2D eigenvalue weighted by Gasteiger charge is 2.01. The van der Waals surface area contributed by atoms with Gasteiger partial charge in [-0.15, -0.1) is 0 Å². The van der Waals surface area contributed by atoms with Gasteiger partial charge in [-0.3, -0.25) is 0 Å². The molecule has 0 radical (unpaired) electrons. The molecule has 0 heterocycles. The van der Waals surface area contributed by atoms with Gasteiger partial charge in [-0.25, -0.2) is 4.79 Å². The summed E-state index contributed by atoms with van der Waals surface area (Å²) in [6.45, 7) is 2.94. The Kier molecular flexibility index (Phi) is 6.87. The van der Waals surface area contributed by atoms with Crippen LogP contribution in [-0.2, 0) is 11.3 Å². The van der Waals surface area contributed by atoms with Crippen LogP contribution < -0.4 is 11.1 Å². The highest BCUT2D eigenvalue weighted by Crippen LogP contribution is 2.01. The standard InChI is InChI=1S/C14H22N2O2/c1-12(15)7-5-6-10-16-14(17)18-11-13-8-3-2-4-9-13/h2-4,8-9,12H,5-7,10-11,15H2,1H3,(H,16,17). The Morgan fingerprint density at radius 2 is 2.06 bits per heavy atom. The first-order chi connectivity index (χ1) is 8.68. The molecule has 1 rings (SSSR count). The number of amides is 1. The summed E-state index contributed by atoms with van der Waals surface area (Å²) in [6.07, 6.45) is 2.58. The minimum Gasteiger partial charge on any atom is -0.445 e. The molecule has 0 spiro atoms. The van der Waals surface area contributed by atoms with Gasteiger partial charge >= 0.3 is 6.09 Å². The second-order valence-corrected chi connectivity index (χ2v) is 4.46. The molecule has 1 aromatic carbocycles. The van der Waals surface area contributed by atoms with Crippen LogP contribution in [0.5, 0.6) is 0 Å². The van der Waals surface area contributed by atoms with Crippen molar-refractivity contribution in [3.8, 4) is 0 Å². The third kappa shape index (κ3) is 6.91. The maximum absolute atomic E-state index is 11.4.